The van der Waals surface area contributed by atoms with Crippen molar-refractivity contribution in [3.63, 3.8) is 0 Å². The summed E-state index contributed by atoms with van der Waals surface area (Å²) in [5.41, 5.74) is -1.83. The fourth-order valence-corrected chi connectivity index (χ4v) is 2.80. The highest BCUT2D eigenvalue weighted by atomic mass is 16.3. The Morgan fingerprint density at radius 1 is 1.38 bits per heavy atom. The van der Waals surface area contributed by atoms with E-state index >= 15 is 0 Å². The van der Waals surface area contributed by atoms with Gasteiger partial charge in [0.05, 0.1) is 5.60 Å². The number of likely N-dealkylation sites (tertiary alicyclic amines) is 1. The SMILES string of the molecule is CCC1(C)NC(=O)N(CC(=O)N2CCCC(C)(O)C2)C1=O. The minimum atomic E-state index is -0.926. The predicted octanol–water partition coefficient (Wildman–Crippen LogP) is 0.0803. The highest BCUT2D eigenvalue weighted by Crippen LogP contribution is 2.23. The van der Waals surface area contributed by atoms with Crippen molar-refractivity contribution in [3.8, 4) is 0 Å². The standard InChI is InChI=1S/C14H23N3O4/c1-4-14(3)11(19)17(12(20)15-14)8-10(18)16-7-5-6-13(2,21)9-16/h21H,4-9H2,1-3H3,(H,15,20). The van der Waals surface area contributed by atoms with E-state index < -0.39 is 17.2 Å². The topological polar surface area (TPSA) is 90.0 Å². The highest BCUT2D eigenvalue weighted by molar-refractivity contribution is 6.08. The normalized spacial score (nSPS) is 33.3. The van der Waals surface area contributed by atoms with E-state index in [1.165, 1.54) is 4.90 Å². The molecule has 2 atom stereocenters. The maximum absolute atomic E-state index is 12.3. The first-order valence-corrected chi connectivity index (χ1v) is 7.33. The number of nitrogens with zero attached hydrogens (tertiary/aromatic N) is 2. The quantitative estimate of drug-likeness (QED) is 0.722. The Balaban J connectivity index is 2.03. The Morgan fingerprint density at radius 3 is 2.57 bits per heavy atom. The first-order valence-electron chi connectivity index (χ1n) is 7.33. The molecule has 2 heterocycles. The molecule has 0 spiro atoms. The number of imide groups is 1. The van der Waals surface area contributed by atoms with E-state index in [0.29, 0.717) is 25.8 Å². The molecule has 4 amide bonds. The smallest absolute Gasteiger partial charge is 0.325 e. The van der Waals surface area contributed by atoms with Crippen molar-refractivity contribution < 1.29 is 19.5 Å². The Bertz CT molecular complexity index is 477. The predicted molar refractivity (Wildman–Crippen MR) is 75.4 cm³/mol. The van der Waals surface area contributed by atoms with Gasteiger partial charge in [0, 0.05) is 13.1 Å². The zero-order valence-electron chi connectivity index (χ0n) is 12.8. The van der Waals surface area contributed by atoms with Crippen LogP contribution in [0.5, 0.6) is 0 Å². The minimum Gasteiger partial charge on any atom is -0.388 e. The Morgan fingerprint density at radius 2 is 2.05 bits per heavy atom. The lowest BCUT2D eigenvalue weighted by Gasteiger charge is -2.37. The molecular weight excluding hydrogens is 274 g/mol. The molecule has 2 unspecified atom stereocenters. The summed E-state index contributed by atoms with van der Waals surface area (Å²) in [7, 11) is 0. The molecule has 0 aromatic carbocycles. The van der Waals surface area contributed by atoms with E-state index in [9.17, 15) is 19.5 Å². The number of amides is 4. The highest BCUT2D eigenvalue weighted by Gasteiger charge is 2.47. The van der Waals surface area contributed by atoms with Crippen LogP contribution in [-0.2, 0) is 9.59 Å². The number of hydrogen-bond donors (Lipinski definition) is 2. The number of piperidine rings is 1. The maximum atomic E-state index is 12.3. The van der Waals surface area contributed by atoms with E-state index in [2.05, 4.69) is 5.32 Å². The molecule has 118 valence electrons. The van der Waals surface area contributed by atoms with Crippen LogP contribution in [0.4, 0.5) is 4.79 Å². The van der Waals surface area contributed by atoms with E-state index in [-0.39, 0.29) is 24.9 Å². The molecule has 21 heavy (non-hydrogen) atoms. The zero-order valence-corrected chi connectivity index (χ0v) is 12.8. The van der Waals surface area contributed by atoms with Gasteiger partial charge in [-0.2, -0.15) is 0 Å². The fraction of sp³-hybridized carbons (Fsp3) is 0.786. The van der Waals surface area contributed by atoms with Gasteiger partial charge >= 0.3 is 6.03 Å². The third kappa shape index (κ3) is 3.02. The van der Waals surface area contributed by atoms with Gasteiger partial charge in [0.2, 0.25) is 5.91 Å². The van der Waals surface area contributed by atoms with Gasteiger partial charge in [-0.15, -0.1) is 0 Å². The molecular formula is C14H23N3O4. The van der Waals surface area contributed by atoms with Crippen LogP contribution >= 0.6 is 0 Å². The summed E-state index contributed by atoms with van der Waals surface area (Å²) < 4.78 is 0. The molecule has 7 nitrogen and oxygen atoms in total. The number of β-amino-alcohol motifs (C(OH)–C–C–N with tert-alkyl or cyclic N) is 1. The molecule has 0 aromatic rings. The summed E-state index contributed by atoms with van der Waals surface area (Å²) in [6.45, 7) is 5.67. The van der Waals surface area contributed by atoms with Crippen LogP contribution in [0.3, 0.4) is 0 Å². The van der Waals surface area contributed by atoms with E-state index in [4.69, 9.17) is 0 Å². The van der Waals surface area contributed by atoms with Crippen molar-refractivity contribution in [2.24, 2.45) is 0 Å². The maximum Gasteiger partial charge on any atom is 0.325 e. The fourth-order valence-electron chi connectivity index (χ4n) is 2.80. The van der Waals surface area contributed by atoms with Crippen molar-refractivity contribution in [1.82, 2.24) is 15.1 Å². The van der Waals surface area contributed by atoms with Crippen LogP contribution in [0, 0.1) is 0 Å². The third-order valence-corrected chi connectivity index (χ3v) is 4.37. The van der Waals surface area contributed by atoms with E-state index in [1.54, 1.807) is 13.8 Å². The lowest BCUT2D eigenvalue weighted by Crippen LogP contribution is -2.52. The molecule has 0 bridgehead atoms. The van der Waals surface area contributed by atoms with Crippen LogP contribution in [-0.4, -0.2) is 63.5 Å². The molecule has 2 fully saturated rings. The first kappa shape index (κ1) is 15.8. The van der Waals surface area contributed by atoms with Crippen LogP contribution in [0.15, 0.2) is 0 Å². The zero-order chi connectivity index (χ0) is 15.8. The Kier molecular flexibility index (Phi) is 3.97. The van der Waals surface area contributed by atoms with Crippen molar-refractivity contribution in [3.05, 3.63) is 0 Å². The van der Waals surface area contributed by atoms with Crippen molar-refractivity contribution in [2.75, 3.05) is 19.6 Å². The van der Waals surface area contributed by atoms with Crippen LogP contribution in [0.1, 0.15) is 40.0 Å². The van der Waals surface area contributed by atoms with E-state index in [1.807, 2.05) is 6.92 Å². The van der Waals surface area contributed by atoms with Crippen LogP contribution in [0.25, 0.3) is 0 Å². The number of nitrogens with one attached hydrogen (secondary N) is 1. The van der Waals surface area contributed by atoms with Gasteiger partial charge in [-0.25, -0.2) is 4.79 Å². The van der Waals surface area contributed by atoms with Gasteiger partial charge in [0.1, 0.15) is 12.1 Å². The summed E-state index contributed by atoms with van der Waals surface area (Å²) in [5.74, 6) is -0.675. The summed E-state index contributed by atoms with van der Waals surface area (Å²) in [5, 5.41) is 12.6. The van der Waals surface area contributed by atoms with Gasteiger partial charge < -0.3 is 15.3 Å². The summed E-state index contributed by atoms with van der Waals surface area (Å²) in [6, 6.07) is -0.526. The Hall–Kier alpha value is -1.63. The molecule has 2 aliphatic rings. The summed E-state index contributed by atoms with van der Waals surface area (Å²) in [4.78, 5) is 38.9. The lowest BCUT2D eigenvalue weighted by molar-refractivity contribution is -0.142. The number of aliphatic hydroxyl groups is 1. The molecule has 2 saturated heterocycles. The number of urea groups is 1. The molecule has 0 saturated carbocycles. The summed E-state index contributed by atoms with van der Waals surface area (Å²) >= 11 is 0. The second kappa shape index (κ2) is 5.29. The molecule has 7 heteroatoms. The van der Waals surface area contributed by atoms with Crippen molar-refractivity contribution in [1.29, 1.82) is 0 Å². The molecule has 0 aliphatic carbocycles. The van der Waals surface area contributed by atoms with Crippen LogP contribution < -0.4 is 5.32 Å². The van der Waals surface area contributed by atoms with Gasteiger partial charge in [-0.3, -0.25) is 14.5 Å². The van der Waals surface area contributed by atoms with Gasteiger partial charge in [0.15, 0.2) is 0 Å². The molecule has 0 aromatic heterocycles. The largest absolute Gasteiger partial charge is 0.388 e. The molecule has 0 radical (unpaired) electrons. The van der Waals surface area contributed by atoms with Gasteiger partial charge in [-0.05, 0) is 33.1 Å². The second-order valence-electron chi connectivity index (χ2n) is 6.42. The molecule has 2 N–H and O–H groups in total. The number of rotatable bonds is 3. The Labute approximate surface area is 124 Å². The number of hydrogen-bond acceptors (Lipinski definition) is 4. The summed E-state index contributed by atoms with van der Waals surface area (Å²) in [6.07, 6.45) is 1.83. The minimum absolute atomic E-state index is 0.237. The van der Waals surface area contributed by atoms with E-state index in [0.717, 1.165) is 4.90 Å². The lowest BCUT2D eigenvalue weighted by atomic mass is 9.95. The van der Waals surface area contributed by atoms with Crippen molar-refractivity contribution in [2.45, 2.75) is 51.2 Å². The van der Waals surface area contributed by atoms with Gasteiger partial charge in [-0.1, -0.05) is 6.92 Å². The number of carbonyl (C=O) groups excluding carboxylic acids is 3. The van der Waals surface area contributed by atoms with Crippen molar-refractivity contribution >= 4 is 17.8 Å². The molecule has 2 rings (SSSR count). The third-order valence-electron chi connectivity index (χ3n) is 4.37. The average molecular weight is 297 g/mol. The van der Waals surface area contributed by atoms with Crippen LogP contribution in [0.2, 0.25) is 0 Å². The number of carbonyl (C=O) groups is 3. The van der Waals surface area contributed by atoms with Gasteiger partial charge in [0.25, 0.3) is 5.91 Å². The second-order valence-corrected chi connectivity index (χ2v) is 6.42. The monoisotopic (exact) mass is 297 g/mol. The average Bonchev–Trinajstić information content (AvgIpc) is 2.62. The first-order chi connectivity index (χ1) is 9.68. The molecule has 2 aliphatic heterocycles.